The van der Waals surface area contributed by atoms with Gasteiger partial charge in [-0.2, -0.15) is 5.10 Å². The summed E-state index contributed by atoms with van der Waals surface area (Å²) in [4.78, 5) is 26.6. The SMILES string of the molecule is COCCN1C(=O)C(=O)/C(=C(/O)c2c(C)nn(C)c2C)C1c1ccco1. The Bertz CT molecular complexity index is 879. The molecule has 3 rings (SSSR count). The zero-order valence-corrected chi connectivity index (χ0v) is 15.1. The van der Waals surface area contributed by atoms with Crippen molar-refractivity contribution >= 4 is 17.4 Å². The van der Waals surface area contributed by atoms with Crippen molar-refractivity contribution in [1.82, 2.24) is 14.7 Å². The first-order valence-corrected chi connectivity index (χ1v) is 8.19. The fraction of sp³-hybridized carbons (Fsp3) is 0.389. The van der Waals surface area contributed by atoms with Gasteiger partial charge in [-0.3, -0.25) is 14.3 Å². The molecule has 1 atom stereocenters. The predicted octanol–water partition coefficient (Wildman–Crippen LogP) is 1.70. The van der Waals surface area contributed by atoms with Crippen molar-refractivity contribution in [2.45, 2.75) is 19.9 Å². The number of aryl methyl sites for hydroxylation is 2. The number of aromatic nitrogens is 2. The van der Waals surface area contributed by atoms with Gasteiger partial charge in [0.1, 0.15) is 17.6 Å². The molecule has 3 heterocycles. The maximum atomic E-state index is 12.7. The van der Waals surface area contributed by atoms with Gasteiger partial charge in [-0.1, -0.05) is 0 Å². The number of furan rings is 1. The highest BCUT2D eigenvalue weighted by Crippen LogP contribution is 2.40. The lowest BCUT2D eigenvalue weighted by atomic mass is 9.98. The van der Waals surface area contributed by atoms with E-state index in [9.17, 15) is 14.7 Å². The zero-order valence-electron chi connectivity index (χ0n) is 15.1. The molecule has 8 heteroatoms. The molecule has 0 bridgehead atoms. The molecule has 0 spiro atoms. The number of ether oxygens (including phenoxy) is 1. The second kappa shape index (κ2) is 6.80. The third kappa shape index (κ3) is 2.72. The summed E-state index contributed by atoms with van der Waals surface area (Å²) in [7, 11) is 3.27. The molecule has 0 aliphatic carbocycles. The van der Waals surface area contributed by atoms with E-state index < -0.39 is 17.7 Å². The van der Waals surface area contributed by atoms with E-state index in [0.717, 1.165) is 0 Å². The predicted molar refractivity (Wildman–Crippen MR) is 92.3 cm³/mol. The second-order valence-electron chi connectivity index (χ2n) is 6.17. The van der Waals surface area contributed by atoms with E-state index in [2.05, 4.69) is 5.10 Å². The normalized spacial score (nSPS) is 19.5. The van der Waals surface area contributed by atoms with Crippen LogP contribution >= 0.6 is 0 Å². The minimum Gasteiger partial charge on any atom is -0.507 e. The summed E-state index contributed by atoms with van der Waals surface area (Å²) in [5.74, 6) is -1.28. The first-order valence-electron chi connectivity index (χ1n) is 8.19. The number of nitrogens with zero attached hydrogens (tertiary/aromatic N) is 3. The van der Waals surface area contributed by atoms with Crippen molar-refractivity contribution in [3.8, 4) is 0 Å². The average Bonchev–Trinajstić information content (AvgIpc) is 3.27. The molecular weight excluding hydrogens is 338 g/mol. The monoisotopic (exact) mass is 359 g/mol. The number of Topliss-reactive ketones (excluding diaryl/α,β-unsaturated/α-hetero) is 1. The van der Waals surface area contributed by atoms with Crippen LogP contribution in [-0.2, 0) is 21.4 Å². The van der Waals surface area contributed by atoms with Gasteiger partial charge < -0.3 is 19.2 Å². The molecule has 26 heavy (non-hydrogen) atoms. The van der Waals surface area contributed by atoms with Gasteiger partial charge in [0.05, 0.1) is 29.7 Å². The number of aliphatic hydroxyl groups is 1. The number of aliphatic hydroxyl groups excluding tert-OH is 1. The summed E-state index contributed by atoms with van der Waals surface area (Å²) < 4.78 is 12.1. The van der Waals surface area contributed by atoms with E-state index in [1.807, 2.05) is 0 Å². The summed E-state index contributed by atoms with van der Waals surface area (Å²) in [6.45, 7) is 3.99. The number of carbonyl (C=O) groups is 2. The van der Waals surface area contributed by atoms with Gasteiger partial charge in [-0.25, -0.2) is 0 Å². The van der Waals surface area contributed by atoms with Crippen LogP contribution in [0.5, 0.6) is 0 Å². The molecule has 0 aromatic carbocycles. The Labute approximate surface area is 150 Å². The molecule has 8 nitrogen and oxygen atoms in total. The van der Waals surface area contributed by atoms with Crippen molar-refractivity contribution in [3.05, 3.63) is 46.7 Å². The molecular formula is C18H21N3O5. The van der Waals surface area contributed by atoms with E-state index in [1.165, 1.54) is 18.3 Å². The molecule has 1 saturated heterocycles. The number of rotatable bonds is 5. The Morgan fingerprint density at radius 3 is 2.65 bits per heavy atom. The summed E-state index contributed by atoms with van der Waals surface area (Å²) >= 11 is 0. The zero-order chi connectivity index (χ0) is 19.0. The van der Waals surface area contributed by atoms with Gasteiger partial charge in [0.2, 0.25) is 0 Å². The average molecular weight is 359 g/mol. The minimum atomic E-state index is -0.806. The number of methoxy groups -OCH3 is 1. The van der Waals surface area contributed by atoms with E-state index in [-0.39, 0.29) is 24.5 Å². The summed E-state index contributed by atoms with van der Waals surface area (Å²) in [6, 6.07) is 2.54. The van der Waals surface area contributed by atoms with E-state index in [1.54, 1.807) is 37.7 Å². The summed E-state index contributed by atoms with van der Waals surface area (Å²) in [6.07, 6.45) is 1.46. The standard InChI is InChI=1S/C18H21N3O5/c1-10-13(11(2)20(3)19-10)16(22)14-15(12-6-5-8-26-12)21(7-9-25-4)18(24)17(14)23/h5-6,8,15,22H,7,9H2,1-4H3/b16-14+. The maximum absolute atomic E-state index is 12.7. The van der Waals surface area contributed by atoms with Gasteiger partial charge in [-0.15, -0.1) is 0 Å². The van der Waals surface area contributed by atoms with Gasteiger partial charge in [-0.05, 0) is 26.0 Å². The van der Waals surface area contributed by atoms with Crippen LogP contribution in [-0.4, -0.2) is 51.7 Å². The molecule has 1 aliphatic rings. The molecule has 1 N–H and O–H groups in total. The lowest BCUT2D eigenvalue weighted by Crippen LogP contribution is -2.32. The van der Waals surface area contributed by atoms with Crippen molar-refractivity contribution in [1.29, 1.82) is 0 Å². The highest BCUT2D eigenvalue weighted by atomic mass is 16.5. The molecule has 1 amide bonds. The summed E-state index contributed by atoms with van der Waals surface area (Å²) in [5.41, 5.74) is 1.72. The van der Waals surface area contributed by atoms with Crippen molar-refractivity contribution in [2.24, 2.45) is 7.05 Å². The van der Waals surface area contributed by atoms with Crippen LogP contribution in [0.2, 0.25) is 0 Å². The number of likely N-dealkylation sites (tertiary alicyclic amines) is 1. The molecule has 2 aromatic heterocycles. The Morgan fingerprint density at radius 1 is 1.38 bits per heavy atom. The third-order valence-electron chi connectivity index (χ3n) is 4.63. The quantitative estimate of drug-likeness (QED) is 0.496. The first kappa shape index (κ1) is 17.9. The van der Waals surface area contributed by atoms with Crippen molar-refractivity contribution in [3.63, 3.8) is 0 Å². The smallest absolute Gasteiger partial charge is 0.295 e. The fourth-order valence-corrected chi connectivity index (χ4v) is 3.29. The number of carbonyl (C=O) groups excluding carboxylic acids is 2. The van der Waals surface area contributed by atoms with E-state index in [0.29, 0.717) is 22.7 Å². The largest absolute Gasteiger partial charge is 0.507 e. The number of hydrogen-bond acceptors (Lipinski definition) is 6. The third-order valence-corrected chi connectivity index (χ3v) is 4.63. The van der Waals surface area contributed by atoms with E-state index in [4.69, 9.17) is 9.15 Å². The lowest BCUT2D eigenvalue weighted by molar-refractivity contribution is -0.140. The molecule has 1 unspecified atom stereocenters. The molecule has 2 aromatic rings. The Balaban J connectivity index is 2.19. The Kier molecular flexibility index (Phi) is 4.69. The maximum Gasteiger partial charge on any atom is 0.295 e. The highest BCUT2D eigenvalue weighted by Gasteiger charge is 2.47. The Morgan fingerprint density at radius 2 is 2.12 bits per heavy atom. The van der Waals surface area contributed by atoms with Crippen LogP contribution < -0.4 is 0 Å². The van der Waals surface area contributed by atoms with Crippen LogP contribution in [0.3, 0.4) is 0 Å². The van der Waals surface area contributed by atoms with Crippen LogP contribution in [0.25, 0.3) is 5.76 Å². The second-order valence-corrected chi connectivity index (χ2v) is 6.17. The van der Waals surface area contributed by atoms with Gasteiger partial charge >= 0.3 is 0 Å². The Hall–Kier alpha value is -2.87. The molecule has 1 aliphatic heterocycles. The van der Waals surface area contributed by atoms with Crippen LogP contribution in [0, 0.1) is 13.8 Å². The van der Waals surface area contributed by atoms with Crippen molar-refractivity contribution in [2.75, 3.05) is 20.3 Å². The van der Waals surface area contributed by atoms with Crippen LogP contribution in [0.15, 0.2) is 28.4 Å². The van der Waals surface area contributed by atoms with Gasteiger partial charge in [0.25, 0.3) is 11.7 Å². The molecule has 1 fully saturated rings. The van der Waals surface area contributed by atoms with Gasteiger partial charge in [0, 0.05) is 26.4 Å². The van der Waals surface area contributed by atoms with Gasteiger partial charge in [0.15, 0.2) is 0 Å². The number of amides is 1. The van der Waals surface area contributed by atoms with Crippen LogP contribution in [0.4, 0.5) is 0 Å². The van der Waals surface area contributed by atoms with E-state index >= 15 is 0 Å². The minimum absolute atomic E-state index is 0.000234. The molecule has 0 saturated carbocycles. The van der Waals surface area contributed by atoms with Crippen molar-refractivity contribution < 1.29 is 23.8 Å². The number of hydrogen-bond donors (Lipinski definition) is 1. The topological polar surface area (TPSA) is 97.8 Å². The summed E-state index contributed by atoms with van der Waals surface area (Å²) in [5, 5.41) is 15.2. The first-order chi connectivity index (χ1) is 12.4. The fourth-order valence-electron chi connectivity index (χ4n) is 3.29. The molecule has 0 radical (unpaired) electrons. The highest BCUT2D eigenvalue weighted by molar-refractivity contribution is 6.46. The van der Waals surface area contributed by atoms with Crippen LogP contribution in [0.1, 0.15) is 28.8 Å². The lowest BCUT2D eigenvalue weighted by Gasteiger charge is -2.22. The number of ketones is 1. The molecule has 138 valence electrons.